The second kappa shape index (κ2) is 15.1. The summed E-state index contributed by atoms with van der Waals surface area (Å²) in [5, 5.41) is 10.2. The Morgan fingerprint density at radius 2 is 1.50 bits per heavy atom. The largest absolute Gasteiger partial charge is 0.497 e. The zero-order valence-electron chi connectivity index (χ0n) is 23.5. The van der Waals surface area contributed by atoms with Crippen LogP contribution in [0, 0.1) is 6.92 Å². The van der Waals surface area contributed by atoms with Gasteiger partial charge in [0.15, 0.2) is 0 Å². The number of ether oxygens (including phenoxy) is 2. The smallest absolute Gasteiger partial charge is 0.251 e. The van der Waals surface area contributed by atoms with Gasteiger partial charge in [-0.25, -0.2) is 0 Å². The lowest BCUT2D eigenvalue weighted by atomic mass is 10.0. The first-order valence-electron chi connectivity index (χ1n) is 13.5. The van der Waals surface area contributed by atoms with Gasteiger partial charge in [-0.2, -0.15) is 0 Å². The Balaban J connectivity index is 1.38. The first-order valence-corrected chi connectivity index (χ1v) is 14.3. The number of nitrogens with one attached hydrogen (secondary N) is 3. The number of rotatable bonds is 13. The molecule has 4 aromatic rings. The topological polar surface area (TPSA) is 88.7 Å². The van der Waals surface area contributed by atoms with Crippen molar-refractivity contribution in [2.24, 2.45) is 0 Å². The van der Waals surface area contributed by atoms with Gasteiger partial charge in [0.1, 0.15) is 24.1 Å². The van der Waals surface area contributed by atoms with Crippen LogP contribution in [0.25, 0.3) is 0 Å². The van der Waals surface area contributed by atoms with Crippen molar-refractivity contribution in [2.75, 3.05) is 25.5 Å². The maximum Gasteiger partial charge on any atom is 0.251 e. The standard InChI is InChI=1S/C33H33Cl2N3O4/c1-22-5-3-6-24(19-22)32(39)38-31(33(40)37-18-17-36-25-11-15-26(41-2)16-12-25)20-23-9-13-27(14-10-23)42-21-28-29(34)7-4-8-30(28)35/h3-16,19,31,36H,17-18,20-21H2,1-2H3,(H,37,40)(H,38,39)/t31-/m0/s1. The molecule has 0 saturated carbocycles. The zero-order chi connectivity index (χ0) is 29.9. The third-order valence-electron chi connectivity index (χ3n) is 6.55. The third kappa shape index (κ3) is 8.90. The fourth-order valence-corrected chi connectivity index (χ4v) is 4.75. The van der Waals surface area contributed by atoms with E-state index in [9.17, 15) is 9.59 Å². The molecule has 9 heteroatoms. The first-order chi connectivity index (χ1) is 20.3. The number of hydrogen-bond acceptors (Lipinski definition) is 5. The molecule has 4 aromatic carbocycles. The number of aryl methyl sites for hydroxylation is 1. The van der Waals surface area contributed by atoms with Crippen molar-refractivity contribution in [3.05, 3.63) is 123 Å². The molecule has 0 heterocycles. The summed E-state index contributed by atoms with van der Waals surface area (Å²) in [5.74, 6) is 0.808. The molecular weight excluding hydrogens is 573 g/mol. The number of anilines is 1. The Kier molecular flexibility index (Phi) is 11.1. The van der Waals surface area contributed by atoms with Crippen molar-refractivity contribution in [2.45, 2.75) is 26.0 Å². The van der Waals surface area contributed by atoms with Crippen molar-refractivity contribution >= 4 is 40.7 Å². The van der Waals surface area contributed by atoms with Gasteiger partial charge < -0.3 is 25.4 Å². The van der Waals surface area contributed by atoms with E-state index in [4.69, 9.17) is 32.7 Å². The van der Waals surface area contributed by atoms with E-state index in [1.165, 1.54) is 0 Å². The number of halogens is 2. The molecule has 0 bridgehead atoms. The SMILES string of the molecule is COc1ccc(NCCNC(=O)[C@H](Cc2ccc(OCc3c(Cl)cccc3Cl)cc2)NC(=O)c2cccc(C)c2)cc1. The van der Waals surface area contributed by atoms with Crippen molar-refractivity contribution in [1.82, 2.24) is 10.6 Å². The Morgan fingerprint density at radius 3 is 2.17 bits per heavy atom. The molecule has 0 fully saturated rings. The van der Waals surface area contributed by atoms with Gasteiger partial charge in [-0.1, -0.05) is 59.1 Å². The maximum absolute atomic E-state index is 13.2. The predicted molar refractivity (Wildman–Crippen MR) is 168 cm³/mol. The van der Waals surface area contributed by atoms with Crippen LogP contribution in [0.4, 0.5) is 5.69 Å². The Bertz CT molecular complexity index is 1470. The molecule has 0 aliphatic carbocycles. The van der Waals surface area contributed by atoms with Crippen LogP contribution in [0.5, 0.6) is 11.5 Å². The number of amides is 2. The van der Waals surface area contributed by atoms with Crippen molar-refractivity contribution in [3.63, 3.8) is 0 Å². The highest BCUT2D eigenvalue weighted by atomic mass is 35.5. The highest BCUT2D eigenvalue weighted by molar-refractivity contribution is 6.35. The average Bonchev–Trinajstić information content (AvgIpc) is 2.99. The van der Waals surface area contributed by atoms with E-state index in [1.54, 1.807) is 37.4 Å². The number of benzene rings is 4. The average molecular weight is 607 g/mol. The molecule has 1 atom stereocenters. The van der Waals surface area contributed by atoms with Crippen LogP contribution in [-0.2, 0) is 17.8 Å². The van der Waals surface area contributed by atoms with E-state index in [0.29, 0.717) is 46.4 Å². The summed E-state index contributed by atoms with van der Waals surface area (Å²) in [4.78, 5) is 26.3. The number of methoxy groups -OCH3 is 1. The van der Waals surface area contributed by atoms with Crippen molar-refractivity contribution in [1.29, 1.82) is 0 Å². The quantitative estimate of drug-likeness (QED) is 0.152. The fraction of sp³-hybridized carbons (Fsp3) is 0.212. The van der Waals surface area contributed by atoms with Crippen LogP contribution in [0.2, 0.25) is 10.0 Å². The molecule has 0 aliphatic heterocycles. The molecule has 0 radical (unpaired) electrons. The first kappa shape index (κ1) is 30.8. The molecule has 3 N–H and O–H groups in total. The number of carbonyl (C=O) groups excluding carboxylic acids is 2. The molecule has 0 saturated heterocycles. The fourth-order valence-electron chi connectivity index (χ4n) is 4.24. The summed E-state index contributed by atoms with van der Waals surface area (Å²) in [6.07, 6.45) is 0.298. The summed E-state index contributed by atoms with van der Waals surface area (Å²) in [6.45, 7) is 3.03. The van der Waals surface area contributed by atoms with Gasteiger partial charge >= 0.3 is 0 Å². The minimum atomic E-state index is -0.785. The highest BCUT2D eigenvalue weighted by Gasteiger charge is 2.22. The normalized spacial score (nSPS) is 11.3. The lowest BCUT2D eigenvalue weighted by Gasteiger charge is -2.19. The highest BCUT2D eigenvalue weighted by Crippen LogP contribution is 2.26. The van der Waals surface area contributed by atoms with Crippen LogP contribution in [-0.4, -0.2) is 38.1 Å². The van der Waals surface area contributed by atoms with E-state index in [-0.39, 0.29) is 18.4 Å². The van der Waals surface area contributed by atoms with Gasteiger partial charge in [-0.05, 0) is 73.2 Å². The van der Waals surface area contributed by atoms with E-state index in [1.807, 2.05) is 67.6 Å². The number of carbonyl (C=O) groups is 2. The van der Waals surface area contributed by atoms with Gasteiger partial charge in [0.2, 0.25) is 5.91 Å². The lowest BCUT2D eigenvalue weighted by Crippen LogP contribution is -2.48. The molecule has 0 aliphatic rings. The van der Waals surface area contributed by atoms with Gasteiger partial charge in [0, 0.05) is 46.4 Å². The minimum Gasteiger partial charge on any atom is -0.497 e. The van der Waals surface area contributed by atoms with E-state index in [2.05, 4.69) is 16.0 Å². The Morgan fingerprint density at radius 1 is 0.833 bits per heavy atom. The molecule has 218 valence electrons. The second-order valence-electron chi connectivity index (χ2n) is 9.68. The summed E-state index contributed by atoms with van der Waals surface area (Å²) >= 11 is 12.5. The summed E-state index contributed by atoms with van der Waals surface area (Å²) in [5.41, 5.74) is 3.94. The monoisotopic (exact) mass is 605 g/mol. The Hall–Kier alpha value is -4.20. The van der Waals surface area contributed by atoms with E-state index < -0.39 is 6.04 Å². The van der Waals surface area contributed by atoms with Gasteiger partial charge in [-0.3, -0.25) is 9.59 Å². The maximum atomic E-state index is 13.2. The van der Waals surface area contributed by atoms with Crippen LogP contribution in [0.15, 0.2) is 91.0 Å². The molecule has 42 heavy (non-hydrogen) atoms. The minimum absolute atomic E-state index is 0.222. The van der Waals surface area contributed by atoms with E-state index in [0.717, 1.165) is 22.6 Å². The summed E-state index contributed by atoms with van der Waals surface area (Å²) in [6, 6.07) is 26.7. The molecule has 7 nitrogen and oxygen atoms in total. The van der Waals surface area contributed by atoms with Crippen LogP contribution in [0.3, 0.4) is 0 Å². The van der Waals surface area contributed by atoms with Crippen LogP contribution in [0.1, 0.15) is 27.0 Å². The van der Waals surface area contributed by atoms with Crippen molar-refractivity contribution in [3.8, 4) is 11.5 Å². The summed E-state index contributed by atoms with van der Waals surface area (Å²) < 4.78 is 11.1. The van der Waals surface area contributed by atoms with E-state index >= 15 is 0 Å². The lowest BCUT2D eigenvalue weighted by molar-refractivity contribution is -0.122. The van der Waals surface area contributed by atoms with Gasteiger partial charge in [-0.15, -0.1) is 0 Å². The molecule has 2 amide bonds. The second-order valence-corrected chi connectivity index (χ2v) is 10.5. The van der Waals surface area contributed by atoms with Gasteiger partial charge in [0.25, 0.3) is 5.91 Å². The van der Waals surface area contributed by atoms with Gasteiger partial charge in [0.05, 0.1) is 7.11 Å². The van der Waals surface area contributed by atoms with Crippen LogP contribution >= 0.6 is 23.2 Å². The molecular formula is C33H33Cl2N3O4. The molecule has 0 aromatic heterocycles. The Labute approximate surface area is 256 Å². The number of hydrogen-bond donors (Lipinski definition) is 3. The molecule has 0 unspecified atom stereocenters. The summed E-state index contributed by atoms with van der Waals surface area (Å²) in [7, 11) is 1.62. The zero-order valence-corrected chi connectivity index (χ0v) is 25.0. The molecule has 4 rings (SSSR count). The molecule has 0 spiro atoms. The van der Waals surface area contributed by atoms with Crippen molar-refractivity contribution < 1.29 is 19.1 Å². The van der Waals surface area contributed by atoms with Crippen LogP contribution < -0.4 is 25.4 Å². The third-order valence-corrected chi connectivity index (χ3v) is 7.26. The predicted octanol–water partition coefficient (Wildman–Crippen LogP) is 6.46.